The molecule has 2 aromatic heterocycles. The Kier molecular flexibility index (Phi) is 5.45. The van der Waals surface area contributed by atoms with Gasteiger partial charge in [0, 0.05) is 11.6 Å². The molecule has 0 radical (unpaired) electrons. The van der Waals surface area contributed by atoms with Gasteiger partial charge in [0.25, 0.3) is 0 Å². The smallest absolute Gasteiger partial charge is 0.192 e. The molecule has 0 unspecified atom stereocenters. The molecule has 0 saturated heterocycles. The largest absolute Gasteiger partial charge is 0.298 e. The van der Waals surface area contributed by atoms with Crippen molar-refractivity contribution in [2.45, 2.75) is 50.2 Å². The van der Waals surface area contributed by atoms with Gasteiger partial charge in [-0.1, -0.05) is 55.9 Å². The maximum absolute atomic E-state index is 12.6. The van der Waals surface area contributed by atoms with E-state index in [1.54, 1.807) is 11.3 Å². The molecule has 0 aliphatic heterocycles. The molecule has 140 valence electrons. The Labute approximate surface area is 168 Å². The van der Waals surface area contributed by atoms with Crippen molar-refractivity contribution in [3.8, 4) is 10.7 Å². The Morgan fingerprint density at radius 3 is 2.67 bits per heavy atom. The SMILES string of the molecule is CC[C@@H](C)c1ccc(C(=O)CSc2nnc(-c3cccs3)n2C2CC2)cc1. The normalized spacial score (nSPS) is 15.0. The van der Waals surface area contributed by atoms with E-state index in [2.05, 4.69) is 52.2 Å². The molecule has 1 atom stereocenters. The van der Waals surface area contributed by atoms with Crippen LogP contribution in [0.4, 0.5) is 0 Å². The second kappa shape index (κ2) is 7.98. The van der Waals surface area contributed by atoms with Gasteiger partial charge in [0.1, 0.15) is 0 Å². The van der Waals surface area contributed by atoms with E-state index >= 15 is 0 Å². The van der Waals surface area contributed by atoms with E-state index in [4.69, 9.17) is 0 Å². The molecule has 2 heterocycles. The molecule has 3 aromatic rings. The maximum atomic E-state index is 12.6. The molecule has 4 nitrogen and oxygen atoms in total. The van der Waals surface area contributed by atoms with Crippen LogP contribution in [0, 0.1) is 0 Å². The second-order valence-corrected chi connectivity index (χ2v) is 8.92. The van der Waals surface area contributed by atoms with E-state index in [0.29, 0.717) is 17.7 Å². The maximum Gasteiger partial charge on any atom is 0.192 e. The van der Waals surface area contributed by atoms with Crippen molar-refractivity contribution in [2.75, 3.05) is 5.75 Å². The van der Waals surface area contributed by atoms with Gasteiger partial charge in [-0.05, 0) is 42.2 Å². The Bertz CT molecular complexity index is 912. The summed E-state index contributed by atoms with van der Waals surface area (Å²) in [5.74, 6) is 1.98. The van der Waals surface area contributed by atoms with Crippen LogP contribution < -0.4 is 0 Å². The summed E-state index contributed by atoms with van der Waals surface area (Å²) in [6.07, 6.45) is 3.43. The van der Waals surface area contributed by atoms with Gasteiger partial charge in [-0.3, -0.25) is 9.36 Å². The molecule has 0 bridgehead atoms. The Hall–Kier alpha value is -1.92. The summed E-state index contributed by atoms with van der Waals surface area (Å²) in [4.78, 5) is 13.8. The van der Waals surface area contributed by atoms with Gasteiger partial charge in [-0.2, -0.15) is 0 Å². The van der Waals surface area contributed by atoms with Crippen molar-refractivity contribution in [3.05, 3.63) is 52.9 Å². The zero-order valence-electron chi connectivity index (χ0n) is 15.6. The predicted octanol–water partition coefficient (Wildman–Crippen LogP) is 5.83. The van der Waals surface area contributed by atoms with Gasteiger partial charge in [-0.25, -0.2) is 0 Å². The van der Waals surface area contributed by atoms with Gasteiger partial charge in [0.2, 0.25) is 0 Å². The zero-order valence-corrected chi connectivity index (χ0v) is 17.2. The molecule has 0 amide bonds. The number of benzene rings is 1. The van der Waals surface area contributed by atoms with Crippen LogP contribution >= 0.6 is 23.1 Å². The first-order valence-corrected chi connectivity index (χ1v) is 11.3. The van der Waals surface area contributed by atoms with Gasteiger partial charge in [-0.15, -0.1) is 21.5 Å². The summed E-state index contributed by atoms with van der Waals surface area (Å²) in [6.45, 7) is 4.39. The Morgan fingerprint density at radius 1 is 1.26 bits per heavy atom. The van der Waals surface area contributed by atoms with Crippen molar-refractivity contribution in [3.63, 3.8) is 0 Å². The van der Waals surface area contributed by atoms with Crippen LogP contribution in [0.25, 0.3) is 10.7 Å². The lowest BCUT2D eigenvalue weighted by molar-refractivity contribution is 0.102. The highest BCUT2D eigenvalue weighted by Gasteiger charge is 2.30. The molecule has 4 rings (SSSR count). The molecule has 0 N–H and O–H groups in total. The molecule has 0 spiro atoms. The minimum Gasteiger partial charge on any atom is -0.298 e. The number of hydrogen-bond acceptors (Lipinski definition) is 5. The number of ketones is 1. The highest BCUT2D eigenvalue weighted by Crippen LogP contribution is 2.41. The molecule has 1 aliphatic carbocycles. The summed E-state index contributed by atoms with van der Waals surface area (Å²) >= 11 is 3.17. The fourth-order valence-electron chi connectivity index (χ4n) is 3.06. The van der Waals surface area contributed by atoms with E-state index in [1.807, 2.05) is 18.2 Å². The predicted molar refractivity (Wildman–Crippen MR) is 112 cm³/mol. The lowest BCUT2D eigenvalue weighted by Gasteiger charge is -2.10. The third-order valence-corrected chi connectivity index (χ3v) is 6.87. The van der Waals surface area contributed by atoms with Crippen molar-refractivity contribution >= 4 is 28.9 Å². The summed E-state index contributed by atoms with van der Waals surface area (Å²) in [5, 5.41) is 11.7. The van der Waals surface area contributed by atoms with Crippen molar-refractivity contribution in [2.24, 2.45) is 0 Å². The quantitative estimate of drug-likeness (QED) is 0.354. The average molecular weight is 398 g/mol. The number of thioether (sulfide) groups is 1. The minimum absolute atomic E-state index is 0.138. The van der Waals surface area contributed by atoms with Crippen molar-refractivity contribution in [1.82, 2.24) is 14.8 Å². The minimum atomic E-state index is 0.138. The number of nitrogens with zero attached hydrogens (tertiary/aromatic N) is 3. The fraction of sp³-hybridized carbons (Fsp3) is 0.381. The van der Waals surface area contributed by atoms with Crippen LogP contribution in [-0.4, -0.2) is 26.3 Å². The van der Waals surface area contributed by atoms with Gasteiger partial charge in [0.15, 0.2) is 16.8 Å². The number of hydrogen-bond donors (Lipinski definition) is 0. The lowest BCUT2D eigenvalue weighted by Crippen LogP contribution is -2.05. The highest BCUT2D eigenvalue weighted by molar-refractivity contribution is 7.99. The fourth-order valence-corrected chi connectivity index (χ4v) is 4.66. The van der Waals surface area contributed by atoms with Crippen LogP contribution in [0.1, 0.15) is 61.0 Å². The third kappa shape index (κ3) is 4.01. The first-order valence-electron chi connectivity index (χ1n) is 9.42. The number of carbonyl (C=O) groups is 1. The second-order valence-electron chi connectivity index (χ2n) is 7.03. The molecular formula is C21H23N3OS2. The third-order valence-electron chi connectivity index (χ3n) is 5.06. The first kappa shape index (κ1) is 18.4. The van der Waals surface area contributed by atoms with E-state index in [0.717, 1.165) is 40.7 Å². The molecule has 1 fully saturated rings. The molecule has 1 saturated carbocycles. The standard InChI is InChI=1S/C21H23N3OS2/c1-3-14(2)15-6-8-16(9-7-15)18(25)13-27-21-23-22-20(19-5-4-12-26-19)24(21)17-10-11-17/h4-9,12,14,17H,3,10-11,13H2,1-2H3/t14-/m1/s1. The summed E-state index contributed by atoms with van der Waals surface area (Å²) in [7, 11) is 0. The van der Waals surface area contributed by atoms with Gasteiger partial charge < -0.3 is 0 Å². The van der Waals surface area contributed by atoms with Crippen molar-refractivity contribution < 1.29 is 4.79 Å². The summed E-state index contributed by atoms with van der Waals surface area (Å²) < 4.78 is 2.22. The highest BCUT2D eigenvalue weighted by atomic mass is 32.2. The van der Waals surface area contributed by atoms with Crippen LogP contribution in [0.2, 0.25) is 0 Å². The van der Waals surface area contributed by atoms with E-state index in [9.17, 15) is 4.79 Å². The lowest BCUT2D eigenvalue weighted by atomic mass is 9.97. The van der Waals surface area contributed by atoms with Gasteiger partial charge in [0.05, 0.1) is 10.6 Å². The monoisotopic (exact) mass is 397 g/mol. The van der Waals surface area contributed by atoms with E-state index in [1.165, 1.54) is 17.3 Å². The molecule has 1 aliphatic rings. The molecule has 6 heteroatoms. The summed E-state index contributed by atoms with van der Waals surface area (Å²) in [6, 6.07) is 12.6. The van der Waals surface area contributed by atoms with Crippen LogP contribution in [0.15, 0.2) is 46.9 Å². The molecular weight excluding hydrogens is 374 g/mol. The average Bonchev–Trinajstić information content (AvgIpc) is 3.22. The summed E-state index contributed by atoms with van der Waals surface area (Å²) in [5.41, 5.74) is 2.06. The molecule has 27 heavy (non-hydrogen) atoms. The van der Waals surface area contributed by atoms with Crippen LogP contribution in [0.3, 0.4) is 0 Å². The number of thiophene rings is 1. The van der Waals surface area contributed by atoms with E-state index < -0.39 is 0 Å². The van der Waals surface area contributed by atoms with Crippen LogP contribution in [-0.2, 0) is 0 Å². The number of Topliss-reactive ketones (excluding diaryl/α,β-unsaturated/α-hetero) is 1. The Balaban J connectivity index is 1.46. The first-order chi connectivity index (χ1) is 13.2. The zero-order chi connectivity index (χ0) is 18.8. The number of carbonyl (C=O) groups excluding carboxylic acids is 1. The van der Waals surface area contributed by atoms with Crippen LogP contribution in [0.5, 0.6) is 0 Å². The number of rotatable bonds is 8. The van der Waals surface area contributed by atoms with Gasteiger partial charge >= 0.3 is 0 Å². The number of aromatic nitrogens is 3. The topological polar surface area (TPSA) is 47.8 Å². The van der Waals surface area contributed by atoms with Crippen molar-refractivity contribution in [1.29, 1.82) is 0 Å². The Morgan fingerprint density at radius 2 is 2.04 bits per heavy atom. The van der Waals surface area contributed by atoms with E-state index in [-0.39, 0.29) is 5.78 Å². The molecule has 1 aromatic carbocycles.